The molecule has 0 spiro atoms. The molecule has 0 saturated carbocycles. The van der Waals surface area contributed by atoms with Crippen LogP contribution in [0.15, 0.2) is 16.8 Å². The minimum atomic E-state index is 0.0554. The van der Waals surface area contributed by atoms with Crippen molar-refractivity contribution < 1.29 is 9.53 Å². The molecule has 1 atom stereocenters. The van der Waals surface area contributed by atoms with Gasteiger partial charge in [-0.15, -0.1) is 0 Å². The molecule has 0 radical (unpaired) electrons. The van der Waals surface area contributed by atoms with Crippen LogP contribution in [0, 0.1) is 0 Å². The lowest BCUT2D eigenvalue weighted by molar-refractivity contribution is 0.182. The molecule has 1 aliphatic rings. The first-order chi connectivity index (χ1) is 8.83. The molecular weight excluding hydrogens is 248 g/mol. The van der Waals surface area contributed by atoms with Crippen molar-refractivity contribution in [3.8, 4) is 0 Å². The van der Waals surface area contributed by atoms with Gasteiger partial charge in [-0.2, -0.15) is 11.3 Å². The number of hydrogen-bond donors (Lipinski definition) is 1. The number of amides is 2. The minimum absolute atomic E-state index is 0.0554. The van der Waals surface area contributed by atoms with Gasteiger partial charge >= 0.3 is 6.03 Å². The maximum absolute atomic E-state index is 12.1. The van der Waals surface area contributed by atoms with Crippen LogP contribution in [0.4, 0.5) is 4.79 Å². The molecule has 100 valence electrons. The summed E-state index contributed by atoms with van der Waals surface area (Å²) < 4.78 is 4.97. The van der Waals surface area contributed by atoms with Gasteiger partial charge in [0, 0.05) is 26.8 Å². The Morgan fingerprint density at radius 2 is 2.56 bits per heavy atom. The van der Waals surface area contributed by atoms with Crippen molar-refractivity contribution in [2.75, 3.05) is 26.8 Å². The van der Waals surface area contributed by atoms with Crippen LogP contribution in [0.1, 0.15) is 30.9 Å². The van der Waals surface area contributed by atoms with E-state index in [9.17, 15) is 4.79 Å². The monoisotopic (exact) mass is 268 g/mol. The number of thiophene rings is 1. The Morgan fingerprint density at radius 1 is 1.67 bits per heavy atom. The quantitative estimate of drug-likeness (QED) is 0.834. The normalized spacial score (nSPS) is 19.2. The molecule has 0 unspecified atom stereocenters. The van der Waals surface area contributed by atoms with Crippen molar-refractivity contribution in [3.63, 3.8) is 0 Å². The average molecular weight is 268 g/mol. The lowest BCUT2D eigenvalue weighted by Gasteiger charge is -2.24. The van der Waals surface area contributed by atoms with Gasteiger partial charge in [0.15, 0.2) is 0 Å². The number of rotatable bonds is 5. The molecule has 5 heteroatoms. The van der Waals surface area contributed by atoms with Crippen LogP contribution < -0.4 is 5.32 Å². The van der Waals surface area contributed by atoms with E-state index in [1.807, 2.05) is 4.90 Å². The van der Waals surface area contributed by atoms with E-state index in [0.717, 1.165) is 25.8 Å². The fraction of sp³-hybridized carbons (Fsp3) is 0.615. The molecule has 2 heterocycles. The van der Waals surface area contributed by atoms with Gasteiger partial charge in [-0.25, -0.2) is 4.79 Å². The Labute approximate surface area is 112 Å². The lowest BCUT2D eigenvalue weighted by Crippen LogP contribution is -2.40. The van der Waals surface area contributed by atoms with Crippen LogP contribution in [0.2, 0.25) is 0 Å². The summed E-state index contributed by atoms with van der Waals surface area (Å²) in [6.45, 7) is 2.23. The van der Waals surface area contributed by atoms with Crippen LogP contribution in [0.25, 0.3) is 0 Å². The molecule has 2 rings (SSSR count). The summed E-state index contributed by atoms with van der Waals surface area (Å²) in [6, 6.07) is 2.43. The van der Waals surface area contributed by atoms with Gasteiger partial charge in [-0.3, -0.25) is 0 Å². The summed E-state index contributed by atoms with van der Waals surface area (Å²) in [5, 5.41) is 7.17. The van der Waals surface area contributed by atoms with E-state index in [2.05, 4.69) is 22.1 Å². The number of likely N-dealkylation sites (tertiary alicyclic amines) is 1. The molecule has 0 bridgehead atoms. The van der Waals surface area contributed by atoms with E-state index in [1.54, 1.807) is 18.4 Å². The zero-order chi connectivity index (χ0) is 12.8. The Balaban J connectivity index is 1.85. The molecule has 0 aliphatic carbocycles. The van der Waals surface area contributed by atoms with Crippen molar-refractivity contribution in [3.05, 3.63) is 22.4 Å². The molecule has 18 heavy (non-hydrogen) atoms. The van der Waals surface area contributed by atoms with Crippen molar-refractivity contribution in [1.82, 2.24) is 10.2 Å². The maximum atomic E-state index is 12.1. The lowest BCUT2D eigenvalue weighted by atomic mass is 10.1. The summed E-state index contributed by atoms with van der Waals surface area (Å²) in [6.07, 6.45) is 3.02. The number of nitrogens with one attached hydrogen (secondary N) is 1. The fourth-order valence-corrected chi connectivity index (χ4v) is 3.04. The van der Waals surface area contributed by atoms with E-state index in [0.29, 0.717) is 13.2 Å². The third-order valence-electron chi connectivity index (χ3n) is 3.24. The van der Waals surface area contributed by atoms with E-state index >= 15 is 0 Å². The zero-order valence-corrected chi connectivity index (χ0v) is 11.5. The van der Waals surface area contributed by atoms with Gasteiger partial charge < -0.3 is 15.0 Å². The molecule has 1 N–H and O–H groups in total. The predicted octanol–water partition coefficient (Wildman–Crippen LogP) is 2.63. The van der Waals surface area contributed by atoms with Gasteiger partial charge in [0.05, 0.1) is 6.04 Å². The SMILES string of the molecule is COCCCNC(=O)N1CCC[C@@H]1c1ccsc1. The first-order valence-corrected chi connectivity index (χ1v) is 7.32. The Bertz CT molecular complexity index is 367. The molecule has 1 aromatic rings. The topological polar surface area (TPSA) is 41.6 Å². The van der Waals surface area contributed by atoms with Gasteiger partial charge in [0.2, 0.25) is 0 Å². The van der Waals surface area contributed by atoms with Crippen LogP contribution in [-0.4, -0.2) is 37.7 Å². The highest BCUT2D eigenvalue weighted by atomic mass is 32.1. The van der Waals surface area contributed by atoms with Crippen LogP contribution in [-0.2, 0) is 4.74 Å². The molecule has 1 fully saturated rings. The first-order valence-electron chi connectivity index (χ1n) is 6.38. The molecule has 2 amide bonds. The van der Waals surface area contributed by atoms with E-state index < -0.39 is 0 Å². The van der Waals surface area contributed by atoms with E-state index in [-0.39, 0.29) is 12.1 Å². The van der Waals surface area contributed by atoms with Crippen LogP contribution in [0.3, 0.4) is 0 Å². The van der Waals surface area contributed by atoms with Crippen molar-refractivity contribution in [2.45, 2.75) is 25.3 Å². The first kappa shape index (κ1) is 13.4. The summed E-state index contributed by atoms with van der Waals surface area (Å²) in [7, 11) is 1.68. The standard InChI is InChI=1S/C13H20N2O2S/c1-17-8-3-6-14-13(16)15-7-2-4-12(15)11-5-9-18-10-11/h5,9-10,12H,2-4,6-8H2,1H3,(H,14,16)/t12-/m1/s1. The highest BCUT2D eigenvalue weighted by Crippen LogP contribution is 2.32. The Hall–Kier alpha value is -1.07. The number of urea groups is 1. The number of nitrogens with zero attached hydrogens (tertiary/aromatic N) is 1. The summed E-state index contributed by atoms with van der Waals surface area (Å²) >= 11 is 1.69. The largest absolute Gasteiger partial charge is 0.385 e. The maximum Gasteiger partial charge on any atom is 0.317 e. The third kappa shape index (κ3) is 3.23. The van der Waals surface area contributed by atoms with Gasteiger partial charge in [0.25, 0.3) is 0 Å². The highest BCUT2D eigenvalue weighted by molar-refractivity contribution is 7.07. The van der Waals surface area contributed by atoms with Crippen LogP contribution in [0.5, 0.6) is 0 Å². The fourth-order valence-electron chi connectivity index (χ4n) is 2.33. The molecule has 1 saturated heterocycles. The smallest absolute Gasteiger partial charge is 0.317 e. The van der Waals surface area contributed by atoms with Crippen molar-refractivity contribution in [2.24, 2.45) is 0 Å². The van der Waals surface area contributed by atoms with Crippen LogP contribution >= 0.6 is 11.3 Å². The van der Waals surface area contributed by atoms with Gasteiger partial charge in [-0.05, 0) is 41.7 Å². The summed E-state index contributed by atoms with van der Waals surface area (Å²) in [5.74, 6) is 0. The minimum Gasteiger partial charge on any atom is -0.385 e. The predicted molar refractivity (Wildman–Crippen MR) is 72.9 cm³/mol. The molecule has 1 aromatic heterocycles. The second-order valence-electron chi connectivity index (χ2n) is 4.49. The Kier molecular flexibility index (Phi) is 5.01. The number of methoxy groups -OCH3 is 1. The average Bonchev–Trinajstić information content (AvgIpc) is 3.02. The van der Waals surface area contributed by atoms with Crippen molar-refractivity contribution in [1.29, 1.82) is 0 Å². The third-order valence-corrected chi connectivity index (χ3v) is 3.94. The highest BCUT2D eigenvalue weighted by Gasteiger charge is 2.29. The number of ether oxygens (including phenoxy) is 1. The molecule has 4 nitrogen and oxygen atoms in total. The van der Waals surface area contributed by atoms with E-state index in [4.69, 9.17) is 4.74 Å². The number of carbonyl (C=O) groups is 1. The Morgan fingerprint density at radius 3 is 3.28 bits per heavy atom. The summed E-state index contributed by atoms with van der Waals surface area (Å²) in [4.78, 5) is 14.0. The van der Waals surface area contributed by atoms with Gasteiger partial charge in [-0.1, -0.05) is 0 Å². The van der Waals surface area contributed by atoms with E-state index in [1.165, 1.54) is 5.56 Å². The van der Waals surface area contributed by atoms with Gasteiger partial charge in [0.1, 0.15) is 0 Å². The molecule has 1 aliphatic heterocycles. The van der Waals surface area contributed by atoms with Crippen molar-refractivity contribution >= 4 is 17.4 Å². The molecule has 0 aromatic carbocycles. The number of hydrogen-bond acceptors (Lipinski definition) is 3. The number of carbonyl (C=O) groups excluding carboxylic acids is 1. The summed E-state index contributed by atoms with van der Waals surface area (Å²) in [5.41, 5.74) is 1.27. The zero-order valence-electron chi connectivity index (χ0n) is 10.7. The second-order valence-corrected chi connectivity index (χ2v) is 5.27. The second kappa shape index (κ2) is 6.75. The molecular formula is C13H20N2O2S.